The van der Waals surface area contributed by atoms with E-state index in [0.717, 1.165) is 49.4 Å². The lowest BCUT2D eigenvalue weighted by atomic mass is 10.1. The quantitative estimate of drug-likeness (QED) is 0.565. The van der Waals surface area contributed by atoms with Gasteiger partial charge in [0.15, 0.2) is 0 Å². The molecule has 3 aromatic rings. The predicted molar refractivity (Wildman–Crippen MR) is 124 cm³/mol. The van der Waals surface area contributed by atoms with Crippen LogP contribution in [-0.4, -0.2) is 79.4 Å². The van der Waals surface area contributed by atoms with Crippen molar-refractivity contribution < 1.29 is 9.53 Å². The van der Waals surface area contributed by atoms with Crippen LogP contribution >= 0.6 is 0 Å². The maximum atomic E-state index is 12.8. The van der Waals surface area contributed by atoms with Gasteiger partial charge in [-0.15, -0.1) is 0 Å². The number of hydrogen-bond donors (Lipinski definition) is 2. The molecule has 0 radical (unpaired) electrons. The Labute approximate surface area is 197 Å². The van der Waals surface area contributed by atoms with Crippen LogP contribution in [0.1, 0.15) is 28.9 Å². The zero-order valence-corrected chi connectivity index (χ0v) is 19.0. The monoisotopic (exact) mass is 460 g/mol. The van der Waals surface area contributed by atoms with Crippen LogP contribution < -0.4 is 10.1 Å². The predicted octanol–water partition coefficient (Wildman–Crippen LogP) is 1.21. The Morgan fingerprint density at radius 2 is 1.94 bits per heavy atom. The van der Waals surface area contributed by atoms with Crippen LogP contribution in [0.5, 0.6) is 5.88 Å². The average molecular weight is 461 g/mol. The summed E-state index contributed by atoms with van der Waals surface area (Å²) < 4.78 is 6.16. The summed E-state index contributed by atoms with van der Waals surface area (Å²) in [6.45, 7) is 3.15. The highest BCUT2D eigenvalue weighted by Gasteiger charge is 2.29. The number of hydrogen-bond acceptors (Lipinski definition) is 8. The summed E-state index contributed by atoms with van der Waals surface area (Å²) in [7, 11) is 0. The normalized spacial score (nSPS) is 20.2. The Hall–Kier alpha value is -3.53. The summed E-state index contributed by atoms with van der Waals surface area (Å²) in [6, 6.07) is 10.8. The third-order valence-corrected chi connectivity index (χ3v) is 6.94. The Morgan fingerprint density at radius 3 is 2.79 bits per heavy atom. The van der Waals surface area contributed by atoms with Gasteiger partial charge >= 0.3 is 0 Å². The van der Waals surface area contributed by atoms with Crippen molar-refractivity contribution in [3.8, 4) is 5.88 Å². The van der Waals surface area contributed by atoms with Gasteiger partial charge in [-0.1, -0.05) is 24.3 Å². The van der Waals surface area contributed by atoms with E-state index in [0.29, 0.717) is 38.1 Å². The maximum Gasteiger partial charge on any atom is 0.237 e. The Kier molecular flexibility index (Phi) is 5.58. The molecule has 2 aromatic heterocycles. The smallest absolute Gasteiger partial charge is 0.237 e. The van der Waals surface area contributed by atoms with Crippen LogP contribution in [0.2, 0.25) is 0 Å². The molecule has 1 fully saturated rings. The van der Waals surface area contributed by atoms with Gasteiger partial charge < -0.3 is 15.0 Å². The number of anilines is 1. The first kappa shape index (κ1) is 21.0. The Morgan fingerprint density at radius 1 is 1.12 bits per heavy atom. The number of rotatable bonds is 6. The summed E-state index contributed by atoms with van der Waals surface area (Å²) in [5.41, 5.74) is 4.64. The minimum absolute atomic E-state index is 0.00906. The highest BCUT2D eigenvalue weighted by molar-refractivity contribution is 5.78. The molecule has 1 unspecified atom stereocenters. The average Bonchev–Trinajstić information content (AvgIpc) is 3.58. The van der Waals surface area contributed by atoms with Crippen LogP contribution in [0.3, 0.4) is 0 Å². The first-order valence-electron chi connectivity index (χ1n) is 11.9. The van der Waals surface area contributed by atoms with Crippen LogP contribution in [0, 0.1) is 0 Å². The molecule has 1 saturated heterocycles. The Bertz CT molecular complexity index is 1160. The first-order valence-corrected chi connectivity index (χ1v) is 11.9. The zero-order valence-electron chi connectivity index (χ0n) is 19.0. The van der Waals surface area contributed by atoms with Crippen molar-refractivity contribution in [2.75, 3.05) is 31.5 Å². The molecule has 1 aliphatic carbocycles. The van der Waals surface area contributed by atoms with Gasteiger partial charge in [-0.2, -0.15) is 15.4 Å². The van der Waals surface area contributed by atoms with Crippen LogP contribution in [0.15, 0.2) is 36.7 Å². The number of aromatic nitrogens is 5. The summed E-state index contributed by atoms with van der Waals surface area (Å²) in [5.74, 6) is 1.48. The van der Waals surface area contributed by atoms with E-state index in [2.05, 4.69) is 59.9 Å². The van der Waals surface area contributed by atoms with Gasteiger partial charge in [-0.05, 0) is 30.4 Å². The number of fused-ring (bicyclic) bond motifs is 2. The molecule has 2 N–H and O–H groups in total. The third kappa shape index (κ3) is 4.45. The number of H-pyrrole nitrogens is 1. The minimum atomic E-state index is 0.00906. The molecule has 10 heteroatoms. The number of carbonyl (C=O) groups is 1. The zero-order chi connectivity index (χ0) is 22.9. The number of ether oxygens (including phenoxy) is 1. The molecule has 1 aromatic carbocycles. The van der Waals surface area contributed by atoms with Crippen molar-refractivity contribution in [1.82, 2.24) is 35.2 Å². The lowest BCUT2D eigenvalue weighted by molar-refractivity contribution is -0.133. The highest BCUT2D eigenvalue weighted by atomic mass is 16.5. The standard InChI is InChI=1S/C24H28N8O2/c33-24(32-8-6-20-21(13-32)29-30-28-20)14-31-7-5-19(12-31)34-23-11-22(25-15-26-23)27-18-9-16-3-1-2-4-17(16)10-18/h1-4,11,15,18-19H,5-10,12-14H2,(H,25,26,27)(H,28,29,30). The van der Waals surface area contributed by atoms with E-state index < -0.39 is 0 Å². The second-order valence-corrected chi connectivity index (χ2v) is 9.31. The van der Waals surface area contributed by atoms with Gasteiger partial charge in [0.1, 0.15) is 23.9 Å². The molecule has 0 bridgehead atoms. The molecule has 6 rings (SSSR count). The first-order chi connectivity index (χ1) is 16.7. The number of carbonyl (C=O) groups excluding carboxylic acids is 1. The molecule has 1 amide bonds. The molecular formula is C24H28N8O2. The minimum Gasteiger partial charge on any atom is -0.473 e. The maximum absolute atomic E-state index is 12.8. The summed E-state index contributed by atoms with van der Waals surface area (Å²) in [5, 5.41) is 14.5. The molecule has 3 aliphatic rings. The van der Waals surface area contributed by atoms with Crippen molar-refractivity contribution in [3.63, 3.8) is 0 Å². The largest absolute Gasteiger partial charge is 0.473 e. The fourth-order valence-corrected chi connectivity index (χ4v) is 5.17. The van der Waals surface area contributed by atoms with Gasteiger partial charge in [0.2, 0.25) is 11.8 Å². The second-order valence-electron chi connectivity index (χ2n) is 9.31. The van der Waals surface area contributed by atoms with Gasteiger partial charge in [0.05, 0.1) is 18.8 Å². The van der Waals surface area contributed by atoms with Gasteiger partial charge in [0.25, 0.3) is 0 Å². The van der Waals surface area contributed by atoms with Crippen LogP contribution in [0.25, 0.3) is 0 Å². The van der Waals surface area contributed by atoms with E-state index >= 15 is 0 Å². The van der Waals surface area contributed by atoms with E-state index in [1.165, 1.54) is 11.1 Å². The molecule has 34 heavy (non-hydrogen) atoms. The van der Waals surface area contributed by atoms with Gasteiger partial charge in [-0.25, -0.2) is 9.97 Å². The lowest BCUT2D eigenvalue weighted by Gasteiger charge is -2.27. The van der Waals surface area contributed by atoms with Crippen molar-refractivity contribution >= 4 is 11.7 Å². The van der Waals surface area contributed by atoms with Gasteiger partial charge in [-0.3, -0.25) is 9.69 Å². The number of nitrogens with zero attached hydrogens (tertiary/aromatic N) is 6. The number of benzene rings is 1. The van der Waals surface area contributed by atoms with Gasteiger partial charge in [0, 0.05) is 38.2 Å². The fourth-order valence-electron chi connectivity index (χ4n) is 5.17. The van der Waals surface area contributed by atoms with Crippen molar-refractivity contribution in [1.29, 1.82) is 0 Å². The van der Waals surface area contributed by atoms with E-state index in [9.17, 15) is 4.79 Å². The molecule has 4 heterocycles. The fraction of sp³-hybridized carbons (Fsp3) is 0.458. The second kappa shape index (κ2) is 9.02. The number of amides is 1. The molecule has 10 nitrogen and oxygen atoms in total. The van der Waals surface area contributed by atoms with E-state index in [1.54, 1.807) is 6.33 Å². The van der Waals surface area contributed by atoms with E-state index in [1.807, 2.05) is 11.0 Å². The summed E-state index contributed by atoms with van der Waals surface area (Å²) >= 11 is 0. The molecular weight excluding hydrogens is 432 g/mol. The SMILES string of the molecule is O=C(CN1CCC(Oc2cc(NC3Cc4ccccc4C3)ncn2)C1)N1CCc2n[nH]nc2C1. The van der Waals surface area contributed by atoms with E-state index in [-0.39, 0.29) is 12.0 Å². The number of nitrogens with one attached hydrogen (secondary N) is 2. The molecule has 0 saturated carbocycles. The summed E-state index contributed by atoms with van der Waals surface area (Å²) in [4.78, 5) is 25.5. The molecule has 176 valence electrons. The third-order valence-electron chi connectivity index (χ3n) is 6.94. The van der Waals surface area contributed by atoms with Crippen molar-refractivity contribution in [2.45, 2.75) is 44.4 Å². The molecule has 2 aliphatic heterocycles. The lowest BCUT2D eigenvalue weighted by Crippen LogP contribution is -2.42. The van der Waals surface area contributed by atoms with Crippen LogP contribution in [0.4, 0.5) is 5.82 Å². The molecule has 1 atom stereocenters. The van der Waals surface area contributed by atoms with E-state index in [4.69, 9.17) is 4.74 Å². The van der Waals surface area contributed by atoms with Crippen molar-refractivity contribution in [2.24, 2.45) is 0 Å². The number of aromatic amines is 1. The number of likely N-dealkylation sites (tertiary alicyclic amines) is 1. The highest BCUT2D eigenvalue weighted by Crippen LogP contribution is 2.25. The van der Waals surface area contributed by atoms with Crippen LogP contribution in [-0.2, 0) is 30.6 Å². The van der Waals surface area contributed by atoms with Crippen molar-refractivity contribution in [3.05, 3.63) is 59.2 Å². The Balaban J connectivity index is 0.998. The summed E-state index contributed by atoms with van der Waals surface area (Å²) in [6.07, 6.45) is 5.17. The molecule has 0 spiro atoms. The topological polar surface area (TPSA) is 112 Å².